The van der Waals surface area contributed by atoms with Crippen molar-refractivity contribution in [3.8, 4) is 0 Å². The number of hydrogen-bond donors (Lipinski definition) is 0. The van der Waals surface area contributed by atoms with Crippen molar-refractivity contribution >= 4 is 30.4 Å². The van der Waals surface area contributed by atoms with E-state index in [9.17, 15) is 17.3 Å². The summed E-state index contributed by atoms with van der Waals surface area (Å²) in [6, 6.07) is 42.3. The third-order valence-corrected chi connectivity index (χ3v) is 11.6. The Labute approximate surface area is 237 Å². The summed E-state index contributed by atoms with van der Waals surface area (Å²) in [5.41, 5.74) is 2.57. The fourth-order valence-electron chi connectivity index (χ4n) is 5.08. The first-order chi connectivity index (χ1) is 19.5. The standard InChI is InChI=1S/C33H28F2P.BF4/c1-24-18-20-26(22-31(24)34)33(27-21-19-25(2)32(35)23-27)36(28-12-6-3-7-13-28,29-14-8-4-9-15-29)30-16-10-5-11-17-30;2-1(3,4)5/h3-23,33H,1-2H3;/q+1;-1. The second-order valence-corrected chi connectivity index (χ2v) is 13.2. The van der Waals surface area contributed by atoms with Crippen LogP contribution in [0.15, 0.2) is 127 Å². The molecule has 0 saturated carbocycles. The second-order valence-electron chi connectivity index (χ2n) is 9.64. The van der Waals surface area contributed by atoms with Crippen LogP contribution in [0, 0.1) is 25.5 Å². The van der Waals surface area contributed by atoms with Gasteiger partial charge in [-0.1, -0.05) is 78.9 Å². The van der Waals surface area contributed by atoms with E-state index in [-0.39, 0.29) is 17.3 Å². The zero-order valence-corrected chi connectivity index (χ0v) is 23.4. The predicted octanol–water partition coefficient (Wildman–Crippen LogP) is 8.97. The maximum atomic E-state index is 15.1. The van der Waals surface area contributed by atoms with Crippen LogP contribution < -0.4 is 15.9 Å². The Hall–Kier alpha value is -3.83. The molecule has 0 amide bonds. The van der Waals surface area contributed by atoms with Crippen LogP contribution in [-0.2, 0) is 0 Å². The molecule has 5 rings (SSSR count). The Morgan fingerprint density at radius 2 is 0.780 bits per heavy atom. The van der Waals surface area contributed by atoms with Gasteiger partial charge in [0.05, 0.1) is 0 Å². The lowest BCUT2D eigenvalue weighted by atomic mass is 10.0. The number of hydrogen-bond acceptors (Lipinski definition) is 0. The molecule has 0 heterocycles. The second kappa shape index (κ2) is 12.8. The predicted molar refractivity (Wildman–Crippen MR) is 159 cm³/mol. The number of halogens is 6. The van der Waals surface area contributed by atoms with Gasteiger partial charge in [-0.25, -0.2) is 8.78 Å². The number of aryl methyl sites for hydroxylation is 2. The SMILES string of the molecule is Cc1ccc(C(c2ccc(C)c(F)c2)[P+](c2ccccc2)(c2ccccc2)c2ccccc2)cc1F.F[B-](F)(F)F. The van der Waals surface area contributed by atoms with E-state index >= 15 is 8.78 Å². The molecule has 0 fully saturated rings. The normalized spacial score (nSPS) is 11.6. The van der Waals surface area contributed by atoms with Gasteiger partial charge in [-0.05, 0) is 73.5 Å². The highest BCUT2D eigenvalue weighted by Crippen LogP contribution is 2.69. The molecule has 0 nitrogen and oxygen atoms in total. The minimum absolute atomic E-state index is 0.252. The number of rotatable bonds is 6. The van der Waals surface area contributed by atoms with Crippen molar-refractivity contribution in [1.29, 1.82) is 0 Å². The summed E-state index contributed by atoms with van der Waals surface area (Å²) >= 11 is 0. The highest BCUT2D eigenvalue weighted by Gasteiger charge is 2.54. The van der Waals surface area contributed by atoms with Gasteiger partial charge in [0.1, 0.15) is 40.5 Å². The molecular weight excluding hydrogens is 552 g/mol. The number of benzene rings is 5. The van der Waals surface area contributed by atoms with Gasteiger partial charge in [-0.2, -0.15) is 0 Å². The van der Waals surface area contributed by atoms with E-state index in [2.05, 4.69) is 72.8 Å². The van der Waals surface area contributed by atoms with E-state index in [4.69, 9.17) is 0 Å². The first-order valence-electron chi connectivity index (χ1n) is 13.0. The van der Waals surface area contributed by atoms with Gasteiger partial charge in [0.25, 0.3) is 0 Å². The van der Waals surface area contributed by atoms with Gasteiger partial charge >= 0.3 is 7.25 Å². The summed E-state index contributed by atoms with van der Waals surface area (Å²) in [6.45, 7) is 3.54. The molecule has 0 aliphatic carbocycles. The molecular formula is C33H28BF6P. The van der Waals surface area contributed by atoms with Crippen molar-refractivity contribution in [2.75, 3.05) is 0 Å². The summed E-state index contributed by atoms with van der Waals surface area (Å²) < 4.78 is 69.3. The maximum Gasteiger partial charge on any atom is 0.673 e. The molecule has 0 aliphatic heterocycles. The summed E-state index contributed by atoms with van der Waals surface area (Å²) in [5, 5.41) is 3.48. The molecule has 0 N–H and O–H groups in total. The average molecular weight is 580 g/mol. The maximum absolute atomic E-state index is 15.1. The molecule has 0 bridgehead atoms. The van der Waals surface area contributed by atoms with E-state index in [1.165, 1.54) is 0 Å². The van der Waals surface area contributed by atoms with Crippen LogP contribution in [0.25, 0.3) is 0 Å². The summed E-state index contributed by atoms with van der Waals surface area (Å²) in [6.07, 6.45) is 0. The highest BCUT2D eigenvalue weighted by molar-refractivity contribution is 7.96. The lowest BCUT2D eigenvalue weighted by Crippen LogP contribution is -2.35. The Morgan fingerprint density at radius 1 is 0.488 bits per heavy atom. The largest absolute Gasteiger partial charge is 0.673 e. The summed E-state index contributed by atoms with van der Waals surface area (Å²) in [7, 11) is -8.51. The Morgan fingerprint density at radius 3 is 1.05 bits per heavy atom. The monoisotopic (exact) mass is 580 g/mol. The molecule has 0 radical (unpaired) electrons. The minimum Gasteiger partial charge on any atom is -0.418 e. The van der Waals surface area contributed by atoms with Crippen LogP contribution in [0.4, 0.5) is 26.0 Å². The van der Waals surface area contributed by atoms with Gasteiger partial charge in [0.15, 0.2) is 0 Å². The van der Waals surface area contributed by atoms with Crippen LogP contribution in [0.3, 0.4) is 0 Å². The molecule has 0 saturated heterocycles. The molecule has 0 aromatic heterocycles. The van der Waals surface area contributed by atoms with Crippen molar-refractivity contribution in [1.82, 2.24) is 0 Å². The molecule has 0 aliphatic rings. The molecule has 0 unspecified atom stereocenters. The average Bonchev–Trinajstić information content (AvgIpc) is 2.95. The van der Waals surface area contributed by atoms with Gasteiger partial charge in [0.2, 0.25) is 0 Å². The van der Waals surface area contributed by atoms with Crippen molar-refractivity contribution in [2.24, 2.45) is 0 Å². The zero-order chi connectivity index (χ0) is 29.6. The van der Waals surface area contributed by atoms with Crippen LogP contribution >= 0.6 is 7.26 Å². The third-order valence-electron chi connectivity index (χ3n) is 6.90. The van der Waals surface area contributed by atoms with Crippen molar-refractivity contribution in [3.63, 3.8) is 0 Å². The Balaban J connectivity index is 0.000000714. The third kappa shape index (κ3) is 6.91. The van der Waals surface area contributed by atoms with Crippen LogP contribution in [0.1, 0.15) is 27.9 Å². The van der Waals surface area contributed by atoms with E-state index in [0.29, 0.717) is 11.1 Å². The highest BCUT2D eigenvalue weighted by atomic mass is 31.2. The van der Waals surface area contributed by atoms with E-state index in [1.807, 2.05) is 42.5 Å². The molecule has 0 atom stereocenters. The molecule has 5 aromatic carbocycles. The van der Waals surface area contributed by atoms with Crippen molar-refractivity contribution in [3.05, 3.63) is 161 Å². The Kier molecular flexibility index (Phi) is 9.40. The Bertz CT molecular complexity index is 1420. The molecule has 5 aromatic rings. The molecule has 41 heavy (non-hydrogen) atoms. The first-order valence-corrected chi connectivity index (χ1v) is 14.8. The van der Waals surface area contributed by atoms with Gasteiger partial charge < -0.3 is 17.3 Å². The van der Waals surface area contributed by atoms with Gasteiger partial charge in [-0.15, -0.1) is 0 Å². The molecule has 210 valence electrons. The van der Waals surface area contributed by atoms with Crippen molar-refractivity contribution < 1.29 is 26.0 Å². The fourth-order valence-corrected chi connectivity index (χ4v) is 10.0. The summed E-state index contributed by atoms with van der Waals surface area (Å²) in [4.78, 5) is 0. The first kappa shape index (κ1) is 30.1. The van der Waals surface area contributed by atoms with E-state index in [0.717, 1.165) is 27.0 Å². The topological polar surface area (TPSA) is 0 Å². The van der Waals surface area contributed by atoms with Gasteiger partial charge in [0, 0.05) is 11.1 Å². The molecule has 0 spiro atoms. The van der Waals surface area contributed by atoms with Crippen LogP contribution in [0.2, 0.25) is 0 Å². The van der Waals surface area contributed by atoms with Gasteiger partial charge in [-0.3, -0.25) is 0 Å². The lowest BCUT2D eigenvalue weighted by Gasteiger charge is -2.35. The fraction of sp³-hybridized carbons (Fsp3) is 0.0909. The zero-order valence-electron chi connectivity index (χ0n) is 22.5. The van der Waals surface area contributed by atoms with Crippen LogP contribution in [0.5, 0.6) is 0 Å². The smallest absolute Gasteiger partial charge is 0.418 e. The van der Waals surface area contributed by atoms with E-state index < -0.39 is 14.5 Å². The van der Waals surface area contributed by atoms with E-state index in [1.54, 1.807) is 26.0 Å². The summed E-state index contributed by atoms with van der Waals surface area (Å²) in [5.74, 6) is -0.505. The molecule has 8 heteroatoms. The quantitative estimate of drug-likeness (QED) is 0.107. The minimum atomic E-state index is -6.00. The lowest BCUT2D eigenvalue weighted by molar-refractivity contribution is 0.368. The van der Waals surface area contributed by atoms with Crippen LogP contribution in [-0.4, -0.2) is 7.25 Å². The van der Waals surface area contributed by atoms with Crippen molar-refractivity contribution in [2.45, 2.75) is 19.5 Å².